The summed E-state index contributed by atoms with van der Waals surface area (Å²) < 4.78 is 10.8. The minimum atomic E-state index is -0.243. The van der Waals surface area contributed by atoms with Crippen LogP contribution in [0.25, 0.3) is 0 Å². The Morgan fingerprint density at radius 1 is 1.06 bits per heavy atom. The zero-order valence-corrected chi connectivity index (χ0v) is 11.5. The first-order valence-electron chi connectivity index (χ1n) is 5.94. The zero-order chi connectivity index (χ0) is 13.1. The maximum atomic E-state index is 6.07. The highest BCUT2D eigenvalue weighted by molar-refractivity contribution is 5.47. The van der Waals surface area contributed by atoms with Gasteiger partial charge in [-0.25, -0.2) is 0 Å². The molecule has 0 aliphatic carbocycles. The molecule has 0 spiro atoms. The lowest BCUT2D eigenvalue weighted by Crippen LogP contribution is -2.34. The first kappa shape index (κ1) is 13.8. The lowest BCUT2D eigenvalue weighted by molar-refractivity contribution is 0.384. The molecule has 1 aromatic rings. The van der Waals surface area contributed by atoms with Crippen molar-refractivity contribution < 1.29 is 9.47 Å². The van der Waals surface area contributed by atoms with Crippen molar-refractivity contribution in [3.8, 4) is 11.5 Å². The molecule has 3 heteroatoms. The summed E-state index contributed by atoms with van der Waals surface area (Å²) in [5, 5.41) is 0. The Labute approximate surface area is 104 Å². The molecule has 0 aliphatic heterocycles. The predicted octanol–water partition coefficient (Wildman–Crippen LogP) is 2.55. The molecular weight excluding hydrogens is 214 g/mol. The average Bonchev–Trinajstić information content (AvgIpc) is 2.26. The Morgan fingerprint density at radius 2 is 1.59 bits per heavy atom. The van der Waals surface area contributed by atoms with Crippen molar-refractivity contribution in [2.75, 3.05) is 14.2 Å². The lowest BCUT2D eigenvalue weighted by Gasteiger charge is -2.21. The third-order valence-electron chi connectivity index (χ3n) is 2.71. The minimum Gasteiger partial charge on any atom is -0.496 e. The Kier molecular flexibility index (Phi) is 4.40. The number of rotatable bonds is 5. The largest absolute Gasteiger partial charge is 0.496 e. The van der Waals surface area contributed by atoms with Gasteiger partial charge in [0.1, 0.15) is 11.5 Å². The predicted molar refractivity (Wildman–Crippen MR) is 70.9 cm³/mol. The molecule has 96 valence electrons. The molecule has 0 aliphatic rings. The maximum Gasteiger partial charge on any atom is 0.125 e. The van der Waals surface area contributed by atoms with Gasteiger partial charge in [0.25, 0.3) is 0 Å². The Hall–Kier alpha value is -1.22. The summed E-state index contributed by atoms with van der Waals surface area (Å²) in [4.78, 5) is 0. The standard InChI is InChI=1S/C14H23NO2/c1-6-10-7-11(9-14(2,3)15)13(17-5)8-12(10)16-4/h7-8H,6,9,15H2,1-5H3. The fourth-order valence-corrected chi connectivity index (χ4v) is 1.94. The summed E-state index contributed by atoms with van der Waals surface area (Å²) >= 11 is 0. The van der Waals surface area contributed by atoms with E-state index in [1.54, 1.807) is 14.2 Å². The van der Waals surface area contributed by atoms with E-state index >= 15 is 0 Å². The number of benzene rings is 1. The Balaban J connectivity index is 3.19. The van der Waals surface area contributed by atoms with Gasteiger partial charge in [0.05, 0.1) is 14.2 Å². The van der Waals surface area contributed by atoms with Crippen molar-refractivity contribution in [3.05, 3.63) is 23.3 Å². The van der Waals surface area contributed by atoms with Crippen molar-refractivity contribution in [2.45, 2.75) is 39.2 Å². The van der Waals surface area contributed by atoms with Gasteiger partial charge in [0.2, 0.25) is 0 Å². The summed E-state index contributed by atoms with van der Waals surface area (Å²) in [6.07, 6.45) is 1.72. The number of aryl methyl sites for hydroxylation is 1. The van der Waals surface area contributed by atoms with Gasteiger partial charge in [-0.3, -0.25) is 0 Å². The highest BCUT2D eigenvalue weighted by atomic mass is 16.5. The summed E-state index contributed by atoms with van der Waals surface area (Å²) in [5.74, 6) is 1.72. The van der Waals surface area contributed by atoms with Crippen molar-refractivity contribution >= 4 is 0 Å². The molecule has 0 saturated heterocycles. The second-order valence-electron chi connectivity index (χ2n) is 4.99. The third-order valence-corrected chi connectivity index (χ3v) is 2.71. The molecular formula is C14H23NO2. The SMILES string of the molecule is CCc1cc(CC(C)(C)N)c(OC)cc1OC. The molecule has 0 aromatic heterocycles. The monoisotopic (exact) mass is 237 g/mol. The molecule has 0 unspecified atom stereocenters. The van der Waals surface area contributed by atoms with Crippen LogP contribution in [0, 0.1) is 0 Å². The van der Waals surface area contributed by atoms with Crippen LogP contribution in [0.1, 0.15) is 31.9 Å². The van der Waals surface area contributed by atoms with Crippen LogP contribution in [0.5, 0.6) is 11.5 Å². The van der Waals surface area contributed by atoms with Crippen molar-refractivity contribution in [3.63, 3.8) is 0 Å². The summed E-state index contributed by atoms with van der Waals surface area (Å²) in [5.41, 5.74) is 8.15. The molecule has 1 aromatic carbocycles. The van der Waals surface area contributed by atoms with Crippen LogP contribution in [0.2, 0.25) is 0 Å². The molecule has 0 heterocycles. The van der Waals surface area contributed by atoms with Crippen LogP contribution >= 0.6 is 0 Å². The van der Waals surface area contributed by atoms with Crippen LogP contribution < -0.4 is 15.2 Å². The van der Waals surface area contributed by atoms with Crippen LogP contribution in [0.15, 0.2) is 12.1 Å². The van der Waals surface area contributed by atoms with Crippen LogP contribution in [0.3, 0.4) is 0 Å². The molecule has 0 atom stereocenters. The lowest BCUT2D eigenvalue weighted by atomic mass is 9.93. The number of hydrogen-bond acceptors (Lipinski definition) is 3. The van der Waals surface area contributed by atoms with Crippen LogP contribution in [-0.4, -0.2) is 19.8 Å². The Bertz CT molecular complexity index is 381. The quantitative estimate of drug-likeness (QED) is 0.856. The summed E-state index contributed by atoms with van der Waals surface area (Å²) in [6.45, 7) is 6.15. The van der Waals surface area contributed by atoms with Gasteiger partial charge in [0, 0.05) is 11.6 Å². The van der Waals surface area contributed by atoms with Gasteiger partial charge >= 0.3 is 0 Å². The topological polar surface area (TPSA) is 44.5 Å². The summed E-state index contributed by atoms with van der Waals surface area (Å²) in [7, 11) is 3.36. The highest BCUT2D eigenvalue weighted by Crippen LogP contribution is 2.31. The van der Waals surface area contributed by atoms with Gasteiger partial charge in [-0.05, 0) is 43.9 Å². The van der Waals surface area contributed by atoms with Crippen LogP contribution in [-0.2, 0) is 12.8 Å². The molecule has 0 fully saturated rings. The molecule has 0 bridgehead atoms. The van der Waals surface area contributed by atoms with E-state index in [-0.39, 0.29) is 5.54 Å². The van der Waals surface area contributed by atoms with E-state index in [1.807, 2.05) is 19.9 Å². The second-order valence-corrected chi connectivity index (χ2v) is 4.99. The second kappa shape index (κ2) is 5.41. The van der Waals surface area contributed by atoms with Gasteiger partial charge in [-0.1, -0.05) is 6.92 Å². The third kappa shape index (κ3) is 3.63. The van der Waals surface area contributed by atoms with Gasteiger partial charge < -0.3 is 15.2 Å². The van der Waals surface area contributed by atoms with Crippen molar-refractivity contribution in [1.29, 1.82) is 0 Å². The minimum absolute atomic E-state index is 0.243. The number of nitrogens with two attached hydrogens (primary N) is 1. The maximum absolute atomic E-state index is 6.07. The van der Waals surface area contributed by atoms with E-state index in [9.17, 15) is 0 Å². The van der Waals surface area contributed by atoms with E-state index in [0.717, 1.165) is 29.9 Å². The Morgan fingerprint density at radius 3 is 2.00 bits per heavy atom. The molecule has 0 amide bonds. The first-order valence-corrected chi connectivity index (χ1v) is 5.94. The number of methoxy groups -OCH3 is 2. The smallest absolute Gasteiger partial charge is 0.125 e. The van der Waals surface area contributed by atoms with E-state index in [1.165, 1.54) is 5.56 Å². The fraction of sp³-hybridized carbons (Fsp3) is 0.571. The van der Waals surface area contributed by atoms with Gasteiger partial charge in [-0.15, -0.1) is 0 Å². The average molecular weight is 237 g/mol. The first-order chi connectivity index (χ1) is 7.91. The fourth-order valence-electron chi connectivity index (χ4n) is 1.94. The molecule has 17 heavy (non-hydrogen) atoms. The van der Waals surface area contributed by atoms with E-state index in [2.05, 4.69) is 13.0 Å². The highest BCUT2D eigenvalue weighted by Gasteiger charge is 2.17. The van der Waals surface area contributed by atoms with Gasteiger partial charge in [0.15, 0.2) is 0 Å². The normalized spacial score (nSPS) is 11.4. The molecule has 0 saturated carbocycles. The van der Waals surface area contributed by atoms with Crippen molar-refractivity contribution in [1.82, 2.24) is 0 Å². The van der Waals surface area contributed by atoms with Crippen molar-refractivity contribution in [2.24, 2.45) is 5.73 Å². The summed E-state index contributed by atoms with van der Waals surface area (Å²) in [6, 6.07) is 4.08. The van der Waals surface area contributed by atoms with Gasteiger partial charge in [-0.2, -0.15) is 0 Å². The molecule has 3 nitrogen and oxygen atoms in total. The molecule has 2 N–H and O–H groups in total. The number of hydrogen-bond donors (Lipinski definition) is 1. The molecule has 0 radical (unpaired) electrons. The zero-order valence-electron chi connectivity index (χ0n) is 11.5. The van der Waals surface area contributed by atoms with E-state index in [4.69, 9.17) is 15.2 Å². The van der Waals surface area contributed by atoms with Crippen LogP contribution in [0.4, 0.5) is 0 Å². The van der Waals surface area contributed by atoms with E-state index in [0.29, 0.717) is 0 Å². The molecule has 1 rings (SSSR count). The van der Waals surface area contributed by atoms with E-state index < -0.39 is 0 Å². The number of ether oxygens (including phenoxy) is 2.